The second kappa shape index (κ2) is 6.99. The minimum absolute atomic E-state index is 0.00545. The second-order valence-electron chi connectivity index (χ2n) is 7.12. The summed E-state index contributed by atoms with van der Waals surface area (Å²) in [6.45, 7) is 7.26. The summed E-state index contributed by atoms with van der Waals surface area (Å²) in [6, 6.07) is 1.80. The van der Waals surface area contributed by atoms with Gasteiger partial charge in [-0.05, 0) is 40.9 Å². The molecule has 26 heavy (non-hydrogen) atoms. The molecule has 140 valence electrons. The van der Waals surface area contributed by atoms with Crippen LogP contribution in [0, 0.1) is 20.8 Å². The van der Waals surface area contributed by atoms with Gasteiger partial charge >= 0.3 is 5.69 Å². The van der Waals surface area contributed by atoms with Crippen LogP contribution in [0.3, 0.4) is 0 Å². The molecular weight excluding hydrogens is 334 g/mol. The Morgan fingerprint density at radius 3 is 2.65 bits per heavy atom. The number of carbonyl (C=O) groups is 1. The molecule has 0 aromatic carbocycles. The van der Waals surface area contributed by atoms with E-state index in [2.05, 4.69) is 24.6 Å². The molecular formula is C17H25N7O2. The van der Waals surface area contributed by atoms with E-state index in [4.69, 9.17) is 0 Å². The maximum Gasteiger partial charge on any atom is 0.348 e. The van der Waals surface area contributed by atoms with Crippen LogP contribution >= 0.6 is 0 Å². The van der Waals surface area contributed by atoms with Crippen molar-refractivity contribution in [2.75, 3.05) is 20.6 Å². The Hall–Kier alpha value is -2.55. The van der Waals surface area contributed by atoms with Crippen LogP contribution in [-0.4, -0.2) is 66.7 Å². The largest absolute Gasteiger partial charge is 0.348 e. The van der Waals surface area contributed by atoms with Gasteiger partial charge in [0.15, 0.2) is 5.82 Å². The number of amides is 1. The molecule has 1 aliphatic rings. The molecule has 1 atom stereocenters. The van der Waals surface area contributed by atoms with Gasteiger partial charge in [0.2, 0.25) is 5.91 Å². The molecule has 0 saturated carbocycles. The molecule has 0 radical (unpaired) electrons. The Bertz CT molecular complexity index is 884. The standard InChI is InChI=1S/C17H25N7O2/c1-11-6-12(2)22(17(26)18-11)10-16(25)24-9-15-20-19-13(3)23(15)8-14(24)7-21(4)5/h6,14H,7-10H2,1-5H3. The Labute approximate surface area is 152 Å². The zero-order valence-electron chi connectivity index (χ0n) is 15.9. The molecule has 9 nitrogen and oxygen atoms in total. The van der Waals surface area contributed by atoms with Crippen molar-refractivity contribution in [3.8, 4) is 0 Å². The van der Waals surface area contributed by atoms with Crippen molar-refractivity contribution >= 4 is 5.91 Å². The highest BCUT2D eigenvalue weighted by Crippen LogP contribution is 2.19. The van der Waals surface area contributed by atoms with E-state index in [0.29, 0.717) is 18.8 Å². The molecule has 0 N–H and O–H groups in total. The topological polar surface area (TPSA) is 89.2 Å². The third-order valence-electron chi connectivity index (χ3n) is 4.69. The summed E-state index contributed by atoms with van der Waals surface area (Å²) < 4.78 is 3.48. The lowest BCUT2D eigenvalue weighted by atomic mass is 10.1. The van der Waals surface area contributed by atoms with Crippen LogP contribution in [0.5, 0.6) is 0 Å². The number of fused-ring (bicyclic) bond motifs is 1. The predicted octanol–water partition coefficient (Wildman–Crippen LogP) is -0.267. The zero-order chi connectivity index (χ0) is 19.0. The monoisotopic (exact) mass is 359 g/mol. The fourth-order valence-electron chi connectivity index (χ4n) is 3.43. The normalized spacial score (nSPS) is 16.8. The first-order chi connectivity index (χ1) is 12.3. The first kappa shape index (κ1) is 18.2. The van der Waals surface area contributed by atoms with Gasteiger partial charge in [0.1, 0.15) is 12.4 Å². The summed E-state index contributed by atoms with van der Waals surface area (Å²) in [5, 5.41) is 8.30. The van der Waals surface area contributed by atoms with Crippen molar-refractivity contribution in [1.29, 1.82) is 0 Å². The van der Waals surface area contributed by atoms with E-state index in [1.807, 2.05) is 34.0 Å². The Kier molecular flexibility index (Phi) is 4.90. The second-order valence-corrected chi connectivity index (χ2v) is 7.12. The zero-order valence-corrected chi connectivity index (χ0v) is 15.9. The minimum Gasteiger partial charge on any atom is -0.328 e. The van der Waals surface area contributed by atoms with E-state index < -0.39 is 5.69 Å². The highest BCUT2D eigenvalue weighted by Gasteiger charge is 2.32. The third kappa shape index (κ3) is 3.52. The fourth-order valence-corrected chi connectivity index (χ4v) is 3.43. The van der Waals surface area contributed by atoms with Crippen LogP contribution in [-0.2, 0) is 24.4 Å². The number of hydrogen-bond acceptors (Lipinski definition) is 6. The molecule has 0 bridgehead atoms. The van der Waals surface area contributed by atoms with Gasteiger partial charge in [-0.3, -0.25) is 9.36 Å². The van der Waals surface area contributed by atoms with Gasteiger partial charge in [0.25, 0.3) is 0 Å². The lowest BCUT2D eigenvalue weighted by Crippen LogP contribution is -2.52. The van der Waals surface area contributed by atoms with Crippen molar-refractivity contribution in [2.45, 2.75) is 46.4 Å². The molecule has 3 rings (SSSR count). The Morgan fingerprint density at radius 1 is 1.27 bits per heavy atom. The molecule has 0 aliphatic carbocycles. The first-order valence-corrected chi connectivity index (χ1v) is 8.64. The number of aromatic nitrogens is 5. The maximum absolute atomic E-state index is 13.0. The number of likely N-dealkylation sites (N-methyl/N-ethyl adjacent to an activating group) is 1. The number of rotatable bonds is 4. The summed E-state index contributed by atoms with van der Waals surface area (Å²) in [4.78, 5) is 33.0. The van der Waals surface area contributed by atoms with Crippen molar-refractivity contribution in [3.63, 3.8) is 0 Å². The number of aryl methyl sites for hydroxylation is 3. The van der Waals surface area contributed by atoms with E-state index in [0.717, 1.165) is 23.9 Å². The highest BCUT2D eigenvalue weighted by molar-refractivity contribution is 5.76. The van der Waals surface area contributed by atoms with Gasteiger partial charge in [-0.15, -0.1) is 10.2 Å². The lowest BCUT2D eigenvalue weighted by Gasteiger charge is -2.37. The molecule has 3 heterocycles. The van der Waals surface area contributed by atoms with Crippen molar-refractivity contribution in [2.24, 2.45) is 0 Å². The van der Waals surface area contributed by atoms with E-state index >= 15 is 0 Å². The molecule has 9 heteroatoms. The summed E-state index contributed by atoms with van der Waals surface area (Å²) in [5.74, 6) is 1.52. The smallest absolute Gasteiger partial charge is 0.328 e. The van der Waals surface area contributed by atoms with E-state index in [9.17, 15) is 9.59 Å². The summed E-state index contributed by atoms with van der Waals surface area (Å²) in [6.07, 6.45) is 0. The molecule has 2 aromatic heterocycles. The van der Waals surface area contributed by atoms with Crippen LogP contribution in [0.25, 0.3) is 0 Å². The molecule has 0 spiro atoms. The van der Waals surface area contributed by atoms with Crippen LogP contribution < -0.4 is 5.69 Å². The molecule has 1 amide bonds. The summed E-state index contributed by atoms with van der Waals surface area (Å²) in [7, 11) is 3.96. The predicted molar refractivity (Wildman–Crippen MR) is 95.6 cm³/mol. The van der Waals surface area contributed by atoms with Gasteiger partial charge in [0.05, 0.1) is 12.6 Å². The minimum atomic E-state index is -0.393. The van der Waals surface area contributed by atoms with E-state index in [1.165, 1.54) is 4.57 Å². The Balaban J connectivity index is 1.88. The molecule has 1 unspecified atom stereocenters. The fraction of sp³-hybridized carbons (Fsp3) is 0.588. The quantitative estimate of drug-likeness (QED) is 0.747. The average molecular weight is 359 g/mol. The van der Waals surface area contributed by atoms with E-state index in [1.54, 1.807) is 11.8 Å². The van der Waals surface area contributed by atoms with Crippen LogP contribution in [0.15, 0.2) is 10.9 Å². The van der Waals surface area contributed by atoms with Crippen LogP contribution in [0.1, 0.15) is 23.0 Å². The molecule has 2 aromatic rings. The molecule has 0 saturated heterocycles. The summed E-state index contributed by atoms with van der Waals surface area (Å²) in [5.41, 5.74) is 0.996. The van der Waals surface area contributed by atoms with Crippen molar-refractivity contribution in [1.82, 2.24) is 34.1 Å². The van der Waals surface area contributed by atoms with Gasteiger partial charge in [0, 0.05) is 24.5 Å². The first-order valence-electron chi connectivity index (χ1n) is 8.64. The van der Waals surface area contributed by atoms with Crippen molar-refractivity contribution in [3.05, 3.63) is 39.6 Å². The SMILES string of the molecule is Cc1cc(C)n(CC(=O)N2Cc3nnc(C)n3CC2CN(C)C)c(=O)n1. The lowest BCUT2D eigenvalue weighted by molar-refractivity contribution is -0.136. The van der Waals surface area contributed by atoms with Gasteiger partial charge in [-0.25, -0.2) is 4.79 Å². The average Bonchev–Trinajstić information content (AvgIpc) is 2.90. The van der Waals surface area contributed by atoms with Gasteiger partial charge < -0.3 is 14.4 Å². The number of nitrogens with zero attached hydrogens (tertiary/aromatic N) is 7. The number of hydrogen-bond donors (Lipinski definition) is 0. The van der Waals surface area contributed by atoms with Gasteiger partial charge in [-0.2, -0.15) is 4.98 Å². The maximum atomic E-state index is 13.0. The Morgan fingerprint density at radius 2 is 2.00 bits per heavy atom. The van der Waals surface area contributed by atoms with Gasteiger partial charge in [-0.1, -0.05) is 0 Å². The number of carbonyl (C=O) groups excluding carboxylic acids is 1. The third-order valence-corrected chi connectivity index (χ3v) is 4.69. The van der Waals surface area contributed by atoms with Crippen molar-refractivity contribution < 1.29 is 4.79 Å². The van der Waals surface area contributed by atoms with E-state index in [-0.39, 0.29) is 18.5 Å². The highest BCUT2D eigenvalue weighted by atomic mass is 16.2. The van der Waals surface area contributed by atoms with Crippen LogP contribution in [0.4, 0.5) is 0 Å². The van der Waals surface area contributed by atoms with Crippen LogP contribution in [0.2, 0.25) is 0 Å². The summed E-state index contributed by atoms with van der Waals surface area (Å²) >= 11 is 0. The molecule has 1 aliphatic heterocycles. The molecule has 0 fully saturated rings.